The van der Waals surface area contributed by atoms with E-state index in [2.05, 4.69) is 22.0 Å². The molecule has 90 valence electrons. The maximum Gasteiger partial charge on any atom is 0.131 e. The van der Waals surface area contributed by atoms with Crippen LogP contribution in [0.1, 0.15) is 11.1 Å². The fourth-order valence-corrected chi connectivity index (χ4v) is 2.07. The predicted octanol–water partition coefficient (Wildman–Crippen LogP) is 5.07. The van der Waals surface area contributed by atoms with Gasteiger partial charge in [-0.3, -0.25) is 0 Å². The van der Waals surface area contributed by atoms with E-state index in [4.69, 9.17) is 21.6 Å². The van der Waals surface area contributed by atoms with Gasteiger partial charge in [0, 0.05) is 9.50 Å². The number of aryl methyl sites for hydroxylation is 1. The summed E-state index contributed by atoms with van der Waals surface area (Å²) in [6.45, 7) is 1.95. The lowest BCUT2D eigenvalue weighted by Crippen LogP contribution is -1.88. The van der Waals surface area contributed by atoms with Crippen molar-refractivity contribution in [3.05, 3.63) is 57.0 Å². The average Bonchev–Trinajstić information content (AvgIpc) is 2.34. The number of hydrogen-bond donors (Lipinski definition) is 0. The summed E-state index contributed by atoms with van der Waals surface area (Å²) in [5.74, 6) is 1.37. The molecule has 0 atom stereocenters. The molecule has 4 heteroatoms. The quantitative estimate of drug-likeness (QED) is 0.773. The second kappa shape index (κ2) is 5.43. The molecule has 0 unspecified atom stereocenters. The van der Waals surface area contributed by atoms with Gasteiger partial charge in [0.1, 0.15) is 17.6 Å². The van der Waals surface area contributed by atoms with Crippen LogP contribution in [0.2, 0.25) is 5.02 Å². The van der Waals surface area contributed by atoms with Gasteiger partial charge in [0.05, 0.1) is 5.56 Å². The van der Waals surface area contributed by atoms with Gasteiger partial charge >= 0.3 is 0 Å². The number of hydrogen-bond acceptors (Lipinski definition) is 2. The monoisotopic (exact) mass is 321 g/mol. The molecular weight excluding hydrogens is 314 g/mol. The Morgan fingerprint density at radius 3 is 2.67 bits per heavy atom. The second-order valence-electron chi connectivity index (χ2n) is 3.77. The molecule has 18 heavy (non-hydrogen) atoms. The largest absolute Gasteiger partial charge is 0.457 e. The number of ether oxygens (including phenoxy) is 1. The van der Waals surface area contributed by atoms with E-state index in [1.165, 1.54) is 0 Å². The molecule has 2 rings (SSSR count). The van der Waals surface area contributed by atoms with Gasteiger partial charge in [0.25, 0.3) is 0 Å². The van der Waals surface area contributed by atoms with Crippen LogP contribution in [0.4, 0.5) is 0 Å². The van der Waals surface area contributed by atoms with Gasteiger partial charge < -0.3 is 4.74 Å². The molecule has 0 N–H and O–H groups in total. The van der Waals surface area contributed by atoms with Crippen LogP contribution >= 0.6 is 27.5 Å². The zero-order valence-electron chi connectivity index (χ0n) is 9.58. The molecule has 0 bridgehead atoms. The topological polar surface area (TPSA) is 33.0 Å². The summed E-state index contributed by atoms with van der Waals surface area (Å²) in [6, 6.07) is 12.8. The lowest BCUT2D eigenvalue weighted by atomic mass is 10.2. The van der Waals surface area contributed by atoms with E-state index in [1.54, 1.807) is 24.3 Å². The Kier molecular flexibility index (Phi) is 3.90. The number of halogens is 2. The Bertz CT molecular complexity index is 634. The number of nitrogens with zero attached hydrogens (tertiary/aromatic N) is 1. The molecule has 0 amide bonds. The molecule has 2 aromatic rings. The smallest absolute Gasteiger partial charge is 0.131 e. The van der Waals surface area contributed by atoms with Crippen LogP contribution < -0.4 is 4.74 Å². The van der Waals surface area contributed by atoms with E-state index in [0.717, 1.165) is 5.56 Å². The third-order valence-electron chi connectivity index (χ3n) is 2.44. The Balaban J connectivity index is 2.32. The van der Waals surface area contributed by atoms with Crippen LogP contribution in [-0.4, -0.2) is 0 Å². The fourth-order valence-electron chi connectivity index (χ4n) is 1.46. The summed E-state index contributed by atoms with van der Waals surface area (Å²) in [5, 5.41) is 9.47. The summed E-state index contributed by atoms with van der Waals surface area (Å²) in [5.41, 5.74) is 1.57. The van der Waals surface area contributed by atoms with Crippen molar-refractivity contribution in [2.75, 3.05) is 0 Å². The first kappa shape index (κ1) is 12.9. The van der Waals surface area contributed by atoms with Gasteiger partial charge in [0.15, 0.2) is 0 Å². The first-order chi connectivity index (χ1) is 8.60. The molecule has 0 spiro atoms. The van der Waals surface area contributed by atoms with Crippen molar-refractivity contribution >= 4 is 27.5 Å². The molecular formula is C14H9BrClNO. The number of nitriles is 1. The van der Waals surface area contributed by atoms with E-state index in [1.807, 2.05) is 19.1 Å². The molecule has 0 saturated heterocycles. The second-order valence-corrected chi connectivity index (χ2v) is 5.06. The normalized spacial score (nSPS) is 9.89. The van der Waals surface area contributed by atoms with Crippen LogP contribution in [0.25, 0.3) is 0 Å². The van der Waals surface area contributed by atoms with E-state index in [0.29, 0.717) is 26.6 Å². The Hall–Kier alpha value is -1.50. The van der Waals surface area contributed by atoms with Crippen LogP contribution in [0.3, 0.4) is 0 Å². The molecule has 0 aliphatic rings. The molecule has 0 radical (unpaired) electrons. The SMILES string of the molecule is Cc1ccc(Cl)cc1Oc1ccc(C#N)c(Br)c1. The van der Waals surface area contributed by atoms with Crippen LogP contribution in [-0.2, 0) is 0 Å². The predicted molar refractivity (Wildman–Crippen MR) is 75.1 cm³/mol. The van der Waals surface area contributed by atoms with Crippen LogP contribution in [0, 0.1) is 18.3 Å². The summed E-state index contributed by atoms with van der Waals surface area (Å²) < 4.78 is 6.46. The van der Waals surface area contributed by atoms with Crippen LogP contribution in [0.15, 0.2) is 40.9 Å². The molecule has 2 aromatic carbocycles. The van der Waals surface area contributed by atoms with E-state index in [9.17, 15) is 0 Å². The maximum absolute atomic E-state index is 8.84. The lowest BCUT2D eigenvalue weighted by molar-refractivity contribution is 0.478. The summed E-state index contributed by atoms with van der Waals surface area (Å²) >= 11 is 9.25. The Morgan fingerprint density at radius 1 is 1.22 bits per heavy atom. The molecule has 0 aromatic heterocycles. The van der Waals surface area contributed by atoms with Gasteiger partial charge in [-0.1, -0.05) is 17.7 Å². The summed E-state index contributed by atoms with van der Waals surface area (Å²) in [6.07, 6.45) is 0. The fraction of sp³-hybridized carbons (Fsp3) is 0.0714. The molecule has 0 heterocycles. The number of rotatable bonds is 2. The molecule has 2 nitrogen and oxygen atoms in total. The van der Waals surface area contributed by atoms with Gasteiger partial charge in [-0.25, -0.2) is 0 Å². The van der Waals surface area contributed by atoms with Crippen molar-refractivity contribution in [3.63, 3.8) is 0 Å². The van der Waals surface area contributed by atoms with Crippen molar-refractivity contribution in [2.45, 2.75) is 6.92 Å². The first-order valence-electron chi connectivity index (χ1n) is 5.24. The van der Waals surface area contributed by atoms with Gasteiger partial charge in [-0.2, -0.15) is 5.26 Å². The lowest BCUT2D eigenvalue weighted by Gasteiger charge is -2.09. The van der Waals surface area contributed by atoms with Crippen molar-refractivity contribution in [3.8, 4) is 17.6 Å². The van der Waals surface area contributed by atoms with Gasteiger partial charge in [-0.05, 0) is 58.7 Å². The standard InChI is InChI=1S/C14H9BrClNO/c1-9-2-4-11(16)6-14(9)18-12-5-3-10(8-17)13(15)7-12/h2-7H,1H3. The highest BCUT2D eigenvalue weighted by atomic mass is 79.9. The number of benzene rings is 2. The van der Waals surface area contributed by atoms with Gasteiger partial charge in [0.2, 0.25) is 0 Å². The average molecular weight is 323 g/mol. The minimum absolute atomic E-state index is 0.574. The van der Waals surface area contributed by atoms with Crippen molar-refractivity contribution in [2.24, 2.45) is 0 Å². The van der Waals surface area contributed by atoms with Crippen molar-refractivity contribution < 1.29 is 4.74 Å². The van der Waals surface area contributed by atoms with Gasteiger partial charge in [-0.15, -0.1) is 0 Å². The highest BCUT2D eigenvalue weighted by Crippen LogP contribution is 2.30. The third-order valence-corrected chi connectivity index (χ3v) is 3.33. The Morgan fingerprint density at radius 2 is 2.00 bits per heavy atom. The third kappa shape index (κ3) is 2.84. The highest BCUT2D eigenvalue weighted by molar-refractivity contribution is 9.10. The Labute approximate surface area is 119 Å². The van der Waals surface area contributed by atoms with E-state index >= 15 is 0 Å². The molecule has 0 fully saturated rings. The first-order valence-corrected chi connectivity index (χ1v) is 6.41. The minimum Gasteiger partial charge on any atom is -0.457 e. The summed E-state index contributed by atoms with van der Waals surface area (Å²) in [4.78, 5) is 0. The zero-order valence-corrected chi connectivity index (χ0v) is 11.9. The molecule has 0 aliphatic heterocycles. The van der Waals surface area contributed by atoms with Crippen LogP contribution in [0.5, 0.6) is 11.5 Å². The molecule has 0 saturated carbocycles. The maximum atomic E-state index is 8.84. The zero-order chi connectivity index (χ0) is 13.1. The minimum atomic E-state index is 0.574. The van der Waals surface area contributed by atoms with Crippen molar-refractivity contribution in [1.82, 2.24) is 0 Å². The van der Waals surface area contributed by atoms with E-state index < -0.39 is 0 Å². The van der Waals surface area contributed by atoms with E-state index in [-0.39, 0.29) is 0 Å². The summed E-state index contributed by atoms with van der Waals surface area (Å²) in [7, 11) is 0. The molecule has 0 aliphatic carbocycles. The highest BCUT2D eigenvalue weighted by Gasteiger charge is 2.05. The van der Waals surface area contributed by atoms with Crippen molar-refractivity contribution in [1.29, 1.82) is 5.26 Å².